The summed E-state index contributed by atoms with van der Waals surface area (Å²) in [6.45, 7) is 1.34. The Bertz CT molecular complexity index is 856. The number of amides is 1. The molecule has 2 aromatic rings. The highest BCUT2D eigenvalue weighted by atomic mass is 32.2. The Morgan fingerprint density at radius 3 is 2.28 bits per heavy atom. The standard InChI is InChI=1S/C17H18F2N2O3S/c1-12(17(22)20-16-9-5-4-8-15(16)19)21-25(23,24)11-10-13-6-2-3-7-14(13)18/h2-9,12,21H,10-11H2,1H3,(H,20,22). The molecule has 0 saturated heterocycles. The van der Waals surface area contributed by atoms with Crippen molar-refractivity contribution in [1.82, 2.24) is 4.72 Å². The van der Waals surface area contributed by atoms with Crippen molar-refractivity contribution in [3.05, 3.63) is 65.7 Å². The molecule has 25 heavy (non-hydrogen) atoms. The van der Waals surface area contributed by atoms with Gasteiger partial charge in [-0.1, -0.05) is 30.3 Å². The van der Waals surface area contributed by atoms with Crippen LogP contribution in [-0.2, 0) is 21.2 Å². The average molecular weight is 368 g/mol. The zero-order valence-corrected chi connectivity index (χ0v) is 14.3. The molecule has 0 aromatic heterocycles. The molecule has 0 aliphatic rings. The predicted molar refractivity (Wildman–Crippen MR) is 91.5 cm³/mol. The van der Waals surface area contributed by atoms with Gasteiger partial charge in [-0.25, -0.2) is 21.9 Å². The normalized spacial score (nSPS) is 12.6. The van der Waals surface area contributed by atoms with Gasteiger partial charge in [-0.05, 0) is 37.1 Å². The summed E-state index contributed by atoms with van der Waals surface area (Å²) >= 11 is 0. The summed E-state index contributed by atoms with van der Waals surface area (Å²) in [4.78, 5) is 12.0. The molecule has 0 aliphatic heterocycles. The van der Waals surface area contributed by atoms with Crippen LogP contribution < -0.4 is 10.0 Å². The molecule has 8 heteroatoms. The predicted octanol–water partition coefficient (Wildman–Crippen LogP) is 2.45. The van der Waals surface area contributed by atoms with E-state index < -0.39 is 33.6 Å². The number of aryl methyl sites for hydroxylation is 1. The molecule has 0 heterocycles. The van der Waals surface area contributed by atoms with Crippen LogP contribution in [0.5, 0.6) is 0 Å². The molecule has 0 aliphatic carbocycles. The first-order valence-corrected chi connectivity index (χ1v) is 9.22. The molecule has 0 saturated carbocycles. The van der Waals surface area contributed by atoms with Gasteiger partial charge in [0.2, 0.25) is 15.9 Å². The van der Waals surface area contributed by atoms with Crippen molar-refractivity contribution in [2.24, 2.45) is 0 Å². The van der Waals surface area contributed by atoms with Crippen molar-refractivity contribution in [3.63, 3.8) is 0 Å². The van der Waals surface area contributed by atoms with Crippen molar-refractivity contribution < 1.29 is 22.0 Å². The van der Waals surface area contributed by atoms with E-state index in [1.54, 1.807) is 12.1 Å². The largest absolute Gasteiger partial charge is 0.322 e. The van der Waals surface area contributed by atoms with Crippen molar-refractivity contribution in [2.45, 2.75) is 19.4 Å². The summed E-state index contributed by atoms with van der Waals surface area (Å²) in [7, 11) is -3.81. The lowest BCUT2D eigenvalue weighted by Crippen LogP contribution is -2.42. The molecular formula is C17H18F2N2O3S. The summed E-state index contributed by atoms with van der Waals surface area (Å²) in [6, 6.07) is 10.3. The van der Waals surface area contributed by atoms with E-state index in [1.807, 2.05) is 0 Å². The quantitative estimate of drug-likeness (QED) is 0.788. The van der Waals surface area contributed by atoms with Crippen LogP contribution in [0.4, 0.5) is 14.5 Å². The summed E-state index contributed by atoms with van der Waals surface area (Å²) in [5.41, 5.74) is 0.237. The fourth-order valence-corrected chi connectivity index (χ4v) is 3.38. The first-order valence-electron chi connectivity index (χ1n) is 7.57. The van der Waals surface area contributed by atoms with Crippen LogP contribution in [0, 0.1) is 11.6 Å². The van der Waals surface area contributed by atoms with Gasteiger partial charge in [0.1, 0.15) is 11.6 Å². The van der Waals surface area contributed by atoms with Crippen LogP contribution in [-0.4, -0.2) is 26.1 Å². The highest BCUT2D eigenvalue weighted by Crippen LogP contribution is 2.13. The zero-order chi connectivity index (χ0) is 18.4. The summed E-state index contributed by atoms with van der Waals surface area (Å²) in [5.74, 6) is -2.17. The van der Waals surface area contributed by atoms with Gasteiger partial charge in [-0.3, -0.25) is 4.79 Å². The van der Waals surface area contributed by atoms with Gasteiger partial charge in [-0.2, -0.15) is 0 Å². The van der Waals surface area contributed by atoms with Crippen LogP contribution >= 0.6 is 0 Å². The van der Waals surface area contributed by atoms with Crippen molar-refractivity contribution in [3.8, 4) is 0 Å². The minimum Gasteiger partial charge on any atom is -0.322 e. The van der Waals surface area contributed by atoms with E-state index in [0.717, 1.165) is 0 Å². The molecule has 2 N–H and O–H groups in total. The lowest BCUT2D eigenvalue weighted by atomic mass is 10.2. The van der Waals surface area contributed by atoms with Gasteiger partial charge in [0.15, 0.2) is 0 Å². The monoisotopic (exact) mass is 368 g/mol. The Morgan fingerprint density at radius 2 is 1.64 bits per heavy atom. The highest BCUT2D eigenvalue weighted by molar-refractivity contribution is 7.89. The third kappa shape index (κ3) is 5.61. The third-order valence-electron chi connectivity index (χ3n) is 3.48. The van der Waals surface area contributed by atoms with E-state index in [0.29, 0.717) is 0 Å². The fraction of sp³-hybridized carbons (Fsp3) is 0.235. The van der Waals surface area contributed by atoms with Crippen molar-refractivity contribution in [1.29, 1.82) is 0 Å². The number of sulfonamides is 1. The van der Waals surface area contributed by atoms with E-state index in [1.165, 1.54) is 43.3 Å². The molecule has 2 aromatic carbocycles. The van der Waals surface area contributed by atoms with Crippen LogP contribution in [0.1, 0.15) is 12.5 Å². The Kier molecular flexibility index (Phi) is 6.22. The molecule has 0 radical (unpaired) electrons. The molecule has 134 valence electrons. The number of rotatable bonds is 7. The van der Waals surface area contributed by atoms with Crippen LogP contribution in [0.25, 0.3) is 0 Å². The maximum atomic E-state index is 13.5. The average Bonchev–Trinajstić information content (AvgIpc) is 2.56. The second kappa shape index (κ2) is 8.17. The van der Waals surface area contributed by atoms with Crippen molar-refractivity contribution >= 4 is 21.6 Å². The first kappa shape index (κ1) is 19.0. The van der Waals surface area contributed by atoms with E-state index in [9.17, 15) is 22.0 Å². The molecule has 1 amide bonds. The van der Waals surface area contributed by atoms with E-state index in [2.05, 4.69) is 10.0 Å². The number of halogens is 2. The molecule has 5 nitrogen and oxygen atoms in total. The van der Waals surface area contributed by atoms with E-state index in [4.69, 9.17) is 0 Å². The van der Waals surface area contributed by atoms with E-state index in [-0.39, 0.29) is 23.4 Å². The molecule has 1 atom stereocenters. The van der Waals surface area contributed by atoms with Crippen molar-refractivity contribution in [2.75, 3.05) is 11.1 Å². The third-order valence-corrected chi connectivity index (χ3v) is 4.93. The minimum absolute atomic E-state index is 0.0241. The topological polar surface area (TPSA) is 75.3 Å². The highest BCUT2D eigenvalue weighted by Gasteiger charge is 2.21. The lowest BCUT2D eigenvalue weighted by molar-refractivity contribution is -0.117. The fourth-order valence-electron chi connectivity index (χ4n) is 2.13. The van der Waals surface area contributed by atoms with Gasteiger partial charge < -0.3 is 5.32 Å². The van der Waals surface area contributed by atoms with E-state index >= 15 is 0 Å². The number of carbonyl (C=O) groups excluding carboxylic acids is 1. The second-order valence-corrected chi connectivity index (χ2v) is 7.34. The maximum absolute atomic E-state index is 13.5. The van der Waals surface area contributed by atoms with Gasteiger partial charge in [0, 0.05) is 0 Å². The molecule has 2 rings (SSSR count). The van der Waals surface area contributed by atoms with Crippen LogP contribution in [0.15, 0.2) is 48.5 Å². The minimum atomic E-state index is -3.81. The molecular weight excluding hydrogens is 350 g/mol. The van der Waals surface area contributed by atoms with Gasteiger partial charge in [0.05, 0.1) is 17.5 Å². The number of anilines is 1. The molecule has 0 spiro atoms. The zero-order valence-electron chi connectivity index (χ0n) is 13.5. The van der Waals surface area contributed by atoms with Crippen LogP contribution in [0.2, 0.25) is 0 Å². The second-order valence-electron chi connectivity index (χ2n) is 5.47. The first-order chi connectivity index (χ1) is 11.8. The molecule has 0 bridgehead atoms. The van der Waals surface area contributed by atoms with Gasteiger partial charge in [-0.15, -0.1) is 0 Å². The van der Waals surface area contributed by atoms with Crippen LogP contribution in [0.3, 0.4) is 0 Å². The molecule has 0 fully saturated rings. The molecule has 1 unspecified atom stereocenters. The lowest BCUT2D eigenvalue weighted by Gasteiger charge is -2.15. The summed E-state index contributed by atoms with van der Waals surface area (Å²) in [5, 5.41) is 2.31. The smallest absolute Gasteiger partial charge is 0.242 e. The summed E-state index contributed by atoms with van der Waals surface area (Å²) in [6.07, 6.45) is -0.0241. The Morgan fingerprint density at radius 1 is 1.04 bits per heavy atom. The number of carbonyl (C=O) groups is 1. The Hall–Kier alpha value is -2.32. The Labute approximate surface area is 145 Å². The number of hydrogen-bond acceptors (Lipinski definition) is 3. The SMILES string of the molecule is CC(NS(=O)(=O)CCc1ccccc1F)C(=O)Nc1ccccc1F. The summed E-state index contributed by atoms with van der Waals surface area (Å²) < 4.78 is 53.4. The van der Waals surface area contributed by atoms with Gasteiger partial charge in [0.25, 0.3) is 0 Å². The number of nitrogens with one attached hydrogen (secondary N) is 2. The Balaban J connectivity index is 1.94. The number of hydrogen-bond donors (Lipinski definition) is 2. The number of benzene rings is 2. The van der Waals surface area contributed by atoms with Gasteiger partial charge >= 0.3 is 0 Å². The number of para-hydroxylation sites is 1. The maximum Gasteiger partial charge on any atom is 0.242 e.